The van der Waals surface area contributed by atoms with Gasteiger partial charge in [-0.25, -0.2) is 0 Å². The van der Waals surface area contributed by atoms with Gasteiger partial charge in [0.2, 0.25) is 0 Å². The second-order valence-electron chi connectivity index (χ2n) is 7.19. The number of unbranched alkanes of at least 4 members (excludes halogenated alkanes) is 2. The topological polar surface area (TPSA) is 59.6 Å². The minimum atomic E-state index is -0.300. The molecule has 0 fully saturated rings. The van der Waals surface area contributed by atoms with Crippen molar-refractivity contribution in [1.82, 2.24) is 5.32 Å². The van der Waals surface area contributed by atoms with Gasteiger partial charge in [0.1, 0.15) is 11.5 Å². The molecule has 0 aromatic heterocycles. The zero-order chi connectivity index (χ0) is 21.1. The van der Waals surface area contributed by atoms with Crippen molar-refractivity contribution in [3.8, 4) is 11.5 Å². The largest absolute Gasteiger partial charge is 0.493 e. The Morgan fingerprint density at radius 3 is 2.45 bits per heavy atom. The standard InChI is InChI=1S/C23H30N2O3S/c1-4-5-8-15-27-21-10-7-6-9-20(21)22(26)25-23(29)24-18-11-13-19(14-12-18)28-16-17(2)3/h6-7,9-14,17H,4-5,8,15-16H2,1-3H3,(H2,24,25,26,29). The summed E-state index contributed by atoms with van der Waals surface area (Å²) in [6, 6.07) is 14.6. The molecule has 29 heavy (non-hydrogen) atoms. The number of benzene rings is 2. The molecule has 6 heteroatoms. The Labute approximate surface area is 178 Å². The molecule has 1 amide bonds. The van der Waals surface area contributed by atoms with Crippen molar-refractivity contribution in [3.05, 3.63) is 54.1 Å². The molecule has 0 atom stereocenters. The predicted molar refractivity (Wildman–Crippen MR) is 122 cm³/mol. The summed E-state index contributed by atoms with van der Waals surface area (Å²) in [5.74, 6) is 1.53. The Morgan fingerprint density at radius 2 is 1.76 bits per heavy atom. The van der Waals surface area contributed by atoms with Crippen molar-refractivity contribution in [3.63, 3.8) is 0 Å². The summed E-state index contributed by atoms with van der Waals surface area (Å²) in [5.41, 5.74) is 1.24. The molecule has 0 radical (unpaired) electrons. The van der Waals surface area contributed by atoms with Gasteiger partial charge in [0.25, 0.3) is 5.91 Å². The first-order valence-electron chi connectivity index (χ1n) is 10.1. The van der Waals surface area contributed by atoms with Gasteiger partial charge in [0, 0.05) is 5.69 Å². The Morgan fingerprint density at radius 1 is 1.03 bits per heavy atom. The van der Waals surface area contributed by atoms with E-state index in [1.165, 1.54) is 0 Å². The minimum absolute atomic E-state index is 0.228. The third kappa shape index (κ3) is 8.11. The quantitative estimate of drug-likeness (QED) is 0.402. The van der Waals surface area contributed by atoms with Crippen molar-refractivity contribution in [1.29, 1.82) is 0 Å². The number of hydrogen-bond donors (Lipinski definition) is 2. The Bertz CT molecular complexity index is 791. The van der Waals surface area contributed by atoms with Crippen LogP contribution in [0.15, 0.2) is 48.5 Å². The lowest BCUT2D eigenvalue weighted by molar-refractivity contribution is 0.0973. The van der Waals surface area contributed by atoms with Crippen LogP contribution in [0.3, 0.4) is 0 Å². The third-order valence-corrected chi connectivity index (χ3v) is 4.26. The maximum atomic E-state index is 12.6. The summed E-state index contributed by atoms with van der Waals surface area (Å²) in [6.45, 7) is 7.60. The van der Waals surface area contributed by atoms with Gasteiger partial charge in [-0.2, -0.15) is 0 Å². The van der Waals surface area contributed by atoms with Crippen molar-refractivity contribution in [2.24, 2.45) is 5.92 Å². The zero-order valence-corrected chi connectivity index (χ0v) is 18.2. The third-order valence-electron chi connectivity index (χ3n) is 4.06. The number of amides is 1. The Kier molecular flexibility index (Phi) is 9.44. The number of carbonyl (C=O) groups is 1. The molecule has 0 saturated heterocycles. The van der Waals surface area contributed by atoms with Crippen molar-refractivity contribution in [2.45, 2.75) is 40.0 Å². The van der Waals surface area contributed by atoms with E-state index in [0.29, 0.717) is 30.4 Å². The van der Waals surface area contributed by atoms with Gasteiger partial charge in [-0.15, -0.1) is 0 Å². The summed E-state index contributed by atoms with van der Waals surface area (Å²) in [7, 11) is 0. The van der Waals surface area contributed by atoms with Gasteiger partial charge in [-0.05, 0) is 61.0 Å². The van der Waals surface area contributed by atoms with Crippen LogP contribution in [0.5, 0.6) is 11.5 Å². The summed E-state index contributed by atoms with van der Waals surface area (Å²) in [5, 5.41) is 5.96. The second kappa shape index (κ2) is 12.1. The van der Waals surface area contributed by atoms with Crippen LogP contribution in [0.25, 0.3) is 0 Å². The fourth-order valence-corrected chi connectivity index (χ4v) is 2.76. The first-order chi connectivity index (χ1) is 14.0. The average molecular weight is 415 g/mol. The fourth-order valence-electron chi connectivity index (χ4n) is 2.54. The van der Waals surface area contributed by atoms with Crippen LogP contribution in [0.1, 0.15) is 50.4 Å². The monoisotopic (exact) mass is 414 g/mol. The van der Waals surface area contributed by atoms with E-state index in [2.05, 4.69) is 31.4 Å². The van der Waals surface area contributed by atoms with Crippen molar-refractivity contribution >= 4 is 28.9 Å². The van der Waals surface area contributed by atoms with E-state index < -0.39 is 0 Å². The molecule has 2 aromatic rings. The van der Waals surface area contributed by atoms with E-state index in [1.807, 2.05) is 30.3 Å². The highest BCUT2D eigenvalue weighted by Gasteiger charge is 2.13. The van der Waals surface area contributed by atoms with E-state index >= 15 is 0 Å². The molecule has 0 aliphatic heterocycles. The van der Waals surface area contributed by atoms with Gasteiger partial charge < -0.3 is 14.8 Å². The first kappa shape index (κ1) is 22.7. The van der Waals surface area contributed by atoms with Crippen molar-refractivity contribution < 1.29 is 14.3 Å². The summed E-state index contributed by atoms with van der Waals surface area (Å²) < 4.78 is 11.4. The molecule has 2 N–H and O–H groups in total. The van der Waals surface area contributed by atoms with Gasteiger partial charge in [0.05, 0.1) is 18.8 Å². The number of hydrogen-bond acceptors (Lipinski definition) is 4. The van der Waals surface area contributed by atoms with Crippen LogP contribution in [-0.4, -0.2) is 24.2 Å². The molecule has 0 heterocycles. The summed E-state index contributed by atoms with van der Waals surface area (Å²) in [6.07, 6.45) is 3.18. The molecule has 0 saturated carbocycles. The van der Waals surface area contributed by atoms with Crippen LogP contribution in [-0.2, 0) is 0 Å². The van der Waals surface area contributed by atoms with E-state index in [4.69, 9.17) is 21.7 Å². The molecule has 156 valence electrons. The Balaban J connectivity index is 1.89. The highest BCUT2D eigenvalue weighted by Crippen LogP contribution is 2.19. The molecule has 0 aliphatic rings. The summed E-state index contributed by atoms with van der Waals surface area (Å²) >= 11 is 5.28. The number of anilines is 1. The number of ether oxygens (including phenoxy) is 2. The molecule has 0 aliphatic carbocycles. The van der Waals surface area contributed by atoms with Crippen LogP contribution in [0.4, 0.5) is 5.69 Å². The van der Waals surface area contributed by atoms with Gasteiger partial charge >= 0.3 is 0 Å². The van der Waals surface area contributed by atoms with E-state index in [1.54, 1.807) is 18.2 Å². The van der Waals surface area contributed by atoms with E-state index in [0.717, 1.165) is 30.7 Å². The molecule has 2 rings (SSSR count). The first-order valence-corrected chi connectivity index (χ1v) is 10.5. The maximum Gasteiger partial charge on any atom is 0.261 e. The number of carbonyl (C=O) groups excluding carboxylic acids is 1. The number of nitrogens with one attached hydrogen (secondary N) is 2. The van der Waals surface area contributed by atoms with Crippen molar-refractivity contribution in [2.75, 3.05) is 18.5 Å². The van der Waals surface area contributed by atoms with Crippen LogP contribution in [0.2, 0.25) is 0 Å². The molecule has 0 spiro atoms. The van der Waals surface area contributed by atoms with E-state index in [-0.39, 0.29) is 11.0 Å². The minimum Gasteiger partial charge on any atom is -0.493 e. The molecule has 0 unspecified atom stereocenters. The SMILES string of the molecule is CCCCCOc1ccccc1C(=O)NC(=S)Nc1ccc(OCC(C)C)cc1. The molecule has 5 nitrogen and oxygen atoms in total. The normalized spacial score (nSPS) is 10.5. The lowest BCUT2D eigenvalue weighted by Gasteiger charge is -2.13. The molecule has 2 aromatic carbocycles. The predicted octanol–water partition coefficient (Wildman–Crippen LogP) is 5.42. The van der Waals surface area contributed by atoms with E-state index in [9.17, 15) is 4.79 Å². The lowest BCUT2D eigenvalue weighted by atomic mass is 10.2. The fraction of sp³-hybridized carbons (Fsp3) is 0.391. The molecular weight excluding hydrogens is 384 g/mol. The second-order valence-corrected chi connectivity index (χ2v) is 7.60. The summed E-state index contributed by atoms with van der Waals surface area (Å²) in [4.78, 5) is 12.6. The van der Waals surface area contributed by atoms with Crippen LogP contribution >= 0.6 is 12.2 Å². The lowest BCUT2D eigenvalue weighted by Crippen LogP contribution is -2.34. The molecular formula is C23H30N2O3S. The van der Waals surface area contributed by atoms with Gasteiger partial charge in [0.15, 0.2) is 5.11 Å². The molecule has 0 bridgehead atoms. The Hall–Kier alpha value is -2.60. The highest BCUT2D eigenvalue weighted by atomic mass is 32.1. The van der Waals surface area contributed by atoms with Gasteiger partial charge in [-0.1, -0.05) is 45.7 Å². The number of thiocarbonyl (C=S) groups is 1. The average Bonchev–Trinajstić information content (AvgIpc) is 2.71. The van der Waals surface area contributed by atoms with Crippen LogP contribution < -0.4 is 20.1 Å². The van der Waals surface area contributed by atoms with Crippen LogP contribution in [0, 0.1) is 5.92 Å². The highest BCUT2D eigenvalue weighted by molar-refractivity contribution is 7.80. The maximum absolute atomic E-state index is 12.6. The zero-order valence-electron chi connectivity index (χ0n) is 17.4. The number of para-hydroxylation sites is 1. The number of rotatable bonds is 10. The smallest absolute Gasteiger partial charge is 0.261 e. The van der Waals surface area contributed by atoms with Gasteiger partial charge in [-0.3, -0.25) is 10.1 Å².